The lowest BCUT2D eigenvalue weighted by Gasteiger charge is -2.47. The van der Waals surface area contributed by atoms with Gasteiger partial charge in [0.15, 0.2) is 6.29 Å². The summed E-state index contributed by atoms with van der Waals surface area (Å²) in [6.45, 7) is -0.361. The van der Waals surface area contributed by atoms with Crippen molar-refractivity contribution in [2.24, 2.45) is 0 Å². The third-order valence-corrected chi connectivity index (χ3v) is 3.33. The zero-order valence-electron chi connectivity index (χ0n) is 10.0. The zero-order valence-corrected chi connectivity index (χ0v) is 10.0. The first-order valence-electron chi connectivity index (χ1n) is 6.08. The minimum absolute atomic E-state index is 0.361. The molecule has 0 aliphatic carbocycles. The molecule has 0 aromatic heterocycles. The van der Waals surface area contributed by atoms with E-state index in [1.165, 1.54) is 0 Å². The van der Waals surface area contributed by atoms with Crippen LogP contribution in [0.4, 0.5) is 0 Å². The first kappa shape index (κ1) is 13.0. The van der Waals surface area contributed by atoms with Crippen LogP contribution in [0, 0.1) is 6.29 Å². The number of hydrogen-bond acceptors (Lipinski definition) is 6. The van der Waals surface area contributed by atoms with Crippen LogP contribution in [0.15, 0.2) is 30.3 Å². The maximum Gasteiger partial charge on any atom is 0.254 e. The molecule has 1 unspecified atom stereocenters. The molecule has 2 aliphatic heterocycles. The van der Waals surface area contributed by atoms with E-state index >= 15 is 0 Å². The lowest BCUT2D eigenvalue weighted by Crippen LogP contribution is -2.61. The van der Waals surface area contributed by atoms with Gasteiger partial charge < -0.3 is 29.5 Å². The Balaban J connectivity index is 1.85. The second-order valence-corrected chi connectivity index (χ2v) is 4.57. The van der Waals surface area contributed by atoms with Crippen LogP contribution in [0.25, 0.3) is 0 Å². The standard InChI is InChI=1S/C13H15O6/c14-6-8-10-9(15)11(12(16)17-8)19-13(18-10)7-4-2-1-3-5-7/h1-5,8-11,13-16H,6H2/t8-,9+,10-,11-,13?/m1/s1. The Hall–Kier alpha value is -1.02. The van der Waals surface area contributed by atoms with E-state index in [-0.39, 0.29) is 6.61 Å². The van der Waals surface area contributed by atoms with Crippen molar-refractivity contribution in [1.29, 1.82) is 0 Å². The fourth-order valence-corrected chi connectivity index (χ4v) is 2.35. The predicted octanol–water partition coefficient (Wildman–Crippen LogP) is 0.0832. The molecule has 2 heterocycles. The Morgan fingerprint density at radius 3 is 2.53 bits per heavy atom. The van der Waals surface area contributed by atoms with Gasteiger partial charge in [-0.2, -0.15) is 0 Å². The van der Waals surface area contributed by atoms with Crippen molar-refractivity contribution in [2.75, 3.05) is 6.61 Å². The van der Waals surface area contributed by atoms with Crippen molar-refractivity contribution in [3.63, 3.8) is 0 Å². The third-order valence-electron chi connectivity index (χ3n) is 3.33. The lowest BCUT2D eigenvalue weighted by atomic mass is 9.97. The number of rotatable bonds is 2. The highest BCUT2D eigenvalue weighted by Gasteiger charge is 2.52. The topological polar surface area (TPSA) is 88.4 Å². The zero-order chi connectivity index (χ0) is 13.4. The van der Waals surface area contributed by atoms with Gasteiger partial charge in [-0.05, 0) is 0 Å². The number of benzene rings is 1. The van der Waals surface area contributed by atoms with Gasteiger partial charge in [0.2, 0.25) is 0 Å². The Morgan fingerprint density at radius 1 is 1.11 bits per heavy atom. The van der Waals surface area contributed by atoms with Gasteiger partial charge in [-0.25, -0.2) is 0 Å². The van der Waals surface area contributed by atoms with Crippen LogP contribution in [0.1, 0.15) is 11.9 Å². The maximum absolute atomic E-state index is 10.0. The van der Waals surface area contributed by atoms with Gasteiger partial charge in [0, 0.05) is 5.56 Å². The summed E-state index contributed by atoms with van der Waals surface area (Å²) in [6.07, 6.45) is -4.71. The first-order valence-corrected chi connectivity index (χ1v) is 6.08. The largest absolute Gasteiger partial charge is 0.394 e. The second-order valence-electron chi connectivity index (χ2n) is 4.57. The summed E-state index contributed by atoms with van der Waals surface area (Å²) in [6, 6.07) is 9.19. The Morgan fingerprint density at radius 2 is 1.84 bits per heavy atom. The van der Waals surface area contributed by atoms with E-state index in [9.17, 15) is 15.3 Å². The van der Waals surface area contributed by atoms with Gasteiger partial charge in [0.1, 0.15) is 24.4 Å². The van der Waals surface area contributed by atoms with Gasteiger partial charge in [-0.1, -0.05) is 30.3 Å². The average molecular weight is 267 g/mol. The SMILES string of the molecule is OC[C@H]1O[C](O)[C@@H]2OC(c3ccccc3)O[C@H]1[C@@H]2O. The molecule has 3 N–H and O–H groups in total. The molecule has 3 rings (SSSR count). The molecule has 6 nitrogen and oxygen atoms in total. The number of aliphatic hydroxyl groups is 3. The molecule has 103 valence electrons. The molecule has 0 amide bonds. The van der Waals surface area contributed by atoms with Crippen molar-refractivity contribution >= 4 is 0 Å². The van der Waals surface area contributed by atoms with E-state index in [1.807, 2.05) is 30.3 Å². The van der Waals surface area contributed by atoms with Crippen molar-refractivity contribution < 1.29 is 29.5 Å². The monoisotopic (exact) mass is 267 g/mol. The molecule has 6 heteroatoms. The van der Waals surface area contributed by atoms with Crippen LogP contribution in [0.3, 0.4) is 0 Å². The van der Waals surface area contributed by atoms with Crippen LogP contribution >= 0.6 is 0 Å². The van der Waals surface area contributed by atoms with Crippen LogP contribution in [0.2, 0.25) is 0 Å². The summed E-state index contributed by atoms with van der Waals surface area (Å²) < 4.78 is 16.2. The maximum atomic E-state index is 10.0. The van der Waals surface area contributed by atoms with Gasteiger partial charge in [0.05, 0.1) is 6.61 Å². The number of aliphatic hydroxyl groups excluding tert-OH is 3. The quantitative estimate of drug-likeness (QED) is 0.703. The van der Waals surface area contributed by atoms with E-state index < -0.39 is 37.0 Å². The summed E-state index contributed by atoms with van der Waals surface area (Å²) in [5, 5.41) is 28.9. The summed E-state index contributed by atoms with van der Waals surface area (Å²) >= 11 is 0. The molecule has 2 bridgehead atoms. The number of hydrogen-bond donors (Lipinski definition) is 3. The van der Waals surface area contributed by atoms with Crippen LogP contribution in [-0.4, -0.2) is 46.3 Å². The fourth-order valence-electron chi connectivity index (χ4n) is 2.35. The smallest absolute Gasteiger partial charge is 0.254 e. The van der Waals surface area contributed by atoms with Crippen LogP contribution in [0.5, 0.6) is 0 Å². The molecule has 19 heavy (non-hydrogen) atoms. The average Bonchev–Trinajstić information content (AvgIpc) is 2.44. The highest BCUT2D eigenvalue weighted by Crippen LogP contribution is 2.39. The highest BCUT2D eigenvalue weighted by molar-refractivity contribution is 5.17. The third kappa shape index (κ3) is 2.27. The van der Waals surface area contributed by atoms with Crippen LogP contribution in [-0.2, 0) is 14.2 Å². The Bertz CT molecular complexity index is 422. The molecular formula is C13H15O6. The molecular weight excluding hydrogens is 252 g/mol. The van der Waals surface area contributed by atoms with E-state index in [0.717, 1.165) is 5.56 Å². The summed E-state index contributed by atoms with van der Waals surface area (Å²) in [7, 11) is 0. The van der Waals surface area contributed by atoms with Gasteiger partial charge in [-0.3, -0.25) is 0 Å². The van der Waals surface area contributed by atoms with E-state index in [4.69, 9.17) is 14.2 Å². The van der Waals surface area contributed by atoms with Gasteiger partial charge >= 0.3 is 0 Å². The fraction of sp³-hybridized carbons (Fsp3) is 0.462. The number of fused-ring (bicyclic) bond motifs is 2. The molecule has 2 aliphatic rings. The number of ether oxygens (including phenoxy) is 3. The van der Waals surface area contributed by atoms with Gasteiger partial charge in [0.25, 0.3) is 6.29 Å². The normalized spacial score (nSPS) is 39.2. The Kier molecular flexibility index (Phi) is 3.53. The minimum Gasteiger partial charge on any atom is -0.394 e. The minimum atomic E-state index is -1.06. The molecule has 2 saturated heterocycles. The van der Waals surface area contributed by atoms with E-state index in [2.05, 4.69) is 0 Å². The van der Waals surface area contributed by atoms with Crippen molar-refractivity contribution in [1.82, 2.24) is 0 Å². The molecule has 0 spiro atoms. The molecule has 0 saturated carbocycles. The molecule has 1 radical (unpaired) electrons. The molecule has 1 aromatic rings. The Labute approximate surface area is 110 Å². The summed E-state index contributed by atoms with van der Waals surface area (Å²) in [4.78, 5) is 0. The van der Waals surface area contributed by atoms with Crippen molar-refractivity contribution in [2.45, 2.75) is 30.7 Å². The van der Waals surface area contributed by atoms with E-state index in [0.29, 0.717) is 0 Å². The molecule has 5 atom stereocenters. The molecule has 2 fully saturated rings. The van der Waals surface area contributed by atoms with Gasteiger partial charge in [-0.15, -0.1) is 0 Å². The predicted molar refractivity (Wildman–Crippen MR) is 62.1 cm³/mol. The summed E-state index contributed by atoms with van der Waals surface area (Å²) in [5.74, 6) is 0. The highest BCUT2D eigenvalue weighted by atomic mass is 16.8. The second kappa shape index (κ2) is 5.16. The van der Waals surface area contributed by atoms with E-state index in [1.54, 1.807) is 0 Å². The molecule has 1 aromatic carbocycles. The van der Waals surface area contributed by atoms with Crippen molar-refractivity contribution in [3.8, 4) is 0 Å². The lowest BCUT2D eigenvalue weighted by molar-refractivity contribution is -0.359. The summed E-state index contributed by atoms with van der Waals surface area (Å²) in [5.41, 5.74) is 0.774. The van der Waals surface area contributed by atoms with Crippen LogP contribution < -0.4 is 0 Å². The van der Waals surface area contributed by atoms with Crippen molar-refractivity contribution in [3.05, 3.63) is 42.2 Å². The first-order chi connectivity index (χ1) is 9.20.